The van der Waals surface area contributed by atoms with E-state index in [1.807, 2.05) is 12.1 Å². The number of hydrogen-bond acceptors (Lipinski definition) is 6. The minimum atomic E-state index is -3.62. The first-order valence-electron chi connectivity index (χ1n) is 9.48. The Hall–Kier alpha value is -2.26. The van der Waals surface area contributed by atoms with Gasteiger partial charge in [-0.1, -0.05) is 29.8 Å². The molecule has 0 amide bonds. The molecule has 1 saturated heterocycles. The van der Waals surface area contributed by atoms with Gasteiger partial charge in [0.25, 0.3) is 0 Å². The van der Waals surface area contributed by atoms with Crippen molar-refractivity contribution in [3.63, 3.8) is 0 Å². The molecule has 0 atom stereocenters. The van der Waals surface area contributed by atoms with Gasteiger partial charge in [-0.3, -0.25) is 9.59 Å². The lowest BCUT2D eigenvalue weighted by Crippen LogP contribution is -2.40. The lowest BCUT2D eigenvalue weighted by molar-refractivity contribution is -0.142. The molecule has 9 heteroatoms. The molecule has 1 fully saturated rings. The molecule has 1 heterocycles. The number of carbonyl (C=O) groups is 2. The van der Waals surface area contributed by atoms with Gasteiger partial charge in [-0.2, -0.15) is 4.31 Å². The second-order valence-electron chi connectivity index (χ2n) is 6.72. The Kier molecular flexibility index (Phi) is 7.60. The summed E-state index contributed by atoms with van der Waals surface area (Å²) in [5.41, 5.74) is 1.11. The third-order valence-corrected chi connectivity index (χ3v) is 6.99. The van der Waals surface area contributed by atoms with Crippen LogP contribution in [0.5, 0.6) is 0 Å². The molecule has 30 heavy (non-hydrogen) atoms. The smallest absolute Gasteiger partial charge is 0.306 e. The number of Topliss-reactive ketones (excluding diaryl/α,β-unsaturated/α-hetero) is 1. The standard InChI is InChI=1S/C21H22ClNO6S/c22-19-4-2-1-3-16(19)7-10-21(25)29-15-20(24)17-5-8-18(9-6-17)30(26,27)23-11-13-28-14-12-23/h1-6,8-9H,7,10-15H2. The van der Waals surface area contributed by atoms with Gasteiger partial charge in [0.15, 0.2) is 12.4 Å². The van der Waals surface area contributed by atoms with Gasteiger partial charge >= 0.3 is 5.97 Å². The van der Waals surface area contributed by atoms with Crippen LogP contribution in [0.15, 0.2) is 53.4 Å². The van der Waals surface area contributed by atoms with E-state index in [-0.39, 0.29) is 16.9 Å². The van der Waals surface area contributed by atoms with E-state index in [0.29, 0.717) is 37.7 Å². The summed E-state index contributed by atoms with van der Waals surface area (Å²) in [5, 5.41) is 0.577. The van der Waals surface area contributed by atoms with Gasteiger partial charge in [-0.05, 0) is 42.3 Å². The molecule has 0 spiro atoms. The monoisotopic (exact) mass is 451 g/mol. The molecule has 160 valence electrons. The first-order valence-corrected chi connectivity index (χ1v) is 11.3. The lowest BCUT2D eigenvalue weighted by Gasteiger charge is -2.26. The van der Waals surface area contributed by atoms with Crippen LogP contribution in [-0.2, 0) is 30.7 Å². The summed E-state index contributed by atoms with van der Waals surface area (Å²) in [6.45, 7) is 0.909. The second-order valence-corrected chi connectivity index (χ2v) is 9.06. The number of rotatable bonds is 8. The average Bonchev–Trinajstić information content (AvgIpc) is 2.77. The van der Waals surface area contributed by atoms with Crippen LogP contribution >= 0.6 is 11.6 Å². The van der Waals surface area contributed by atoms with Crippen molar-refractivity contribution in [1.29, 1.82) is 0 Å². The number of carbonyl (C=O) groups excluding carboxylic acids is 2. The van der Waals surface area contributed by atoms with Gasteiger partial charge in [-0.15, -0.1) is 0 Å². The van der Waals surface area contributed by atoms with Crippen LogP contribution in [0.2, 0.25) is 5.02 Å². The normalized spacial score (nSPS) is 15.0. The highest BCUT2D eigenvalue weighted by molar-refractivity contribution is 7.89. The summed E-state index contributed by atoms with van der Waals surface area (Å²) in [6, 6.07) is 12.8. The van der Waals surface area contributed by atoms with Crippen molar-refractivity contribution < 1.29 is 27.5 Å². The Labute approximate surface area is 180 Å². The molecule has 2 aromatic carbocycles. The average molecular weight is 452 g/mol. The first-order chi connectivity index (χ1) is 14.4. The second kappa shape index (κ2) is 10.2. The van der Waals surface area contributed by atoms with Crippen LogP contribution in [0.4, 0.5) is 0 Å². The maximum Gasteiger partial charge on any atom is 0.306 e. The molecule has 1 aliphatic rings. The molecule has 0 aromatic heterocycles. The molecule has 0 unspecified atom stereocenters. The van der Waals surface area contributed by atoms with Crippen LogP contribution in [-0.4, -0.2) is 57.4 Å². The third-order valence-electron chi connectivity index (χ3n) is 4.70. The van der Waals surface area contributed by atoms with Crippen molar-refractivity contribution in [3.05, 3.63) is 64.7 Å². The van der Waals surface area contributed by atoms with Crippen molar-refractivity contribution in [3.8, 4) is 0 Å². The summed E-state index contributed by atoms with van der Waals surface area (Å²) in [7, 11) is -3.62. The molecule has 0 aliphatic carbocycles. The molecule has 2 aromatic rings. The molecule has 0 radical (unpaired) electrons. The summed E-state index contributed by atoms with van der Waals surface area (Å²) in [4.78, 5) is 24.3. The number of benzene rings is 2. The van der Waals surface area contributed by atoms with Gasteiger partial charge in [0, 0.05) is 30.1 Å². The number of morpholine rings is 1. The molecule has 0 bridgehead atoms. The summed E-state index contributed by atoms with van der Waals surface area (Å²) < 4.78 is 36.8. The van der Waals surface area contributed by atoms with Gasteiger partial charge in [0.05, 0.1) is 18.1 Å². The molecule has 3 rings (SSSR count). The molecular weight excluding hydrogens is 430 g/mol. The highest BCUT2D eigenvalue weighted by Gasteiger charge is 2.26. The van der Waals surface area contributed by atoms with Crippen molar-refractivity contribution in [2.75, 3.05) is 32.9 Å². The minimum Gasteiger partial charge on any atom is -0.457 e. The quantitative estimate of drug-likeness (QED) is 0.453. The van der Waals surface area contributed by atoms with E-state index >= 15 is 0 Å². The Bertz CT molecular complexity index is 1000. The minimum absolute atomic E-state index is 0.105. The van der Waals surface area contributed by atoms with E-state index < -0.39 is 28.4 Å². The number of hydrogen-bond donors (Lipinski definition) is 0. The fraction of sp³-hybridized carbons (Fsp3) is 0.333. The first kappa shape index (κ1) is 22.4. The number of nitrogens with zero attached hydrogens (tertiary/aromatic N) is 1. The van der Waals surface area contributed by atoms with Crippen LogP contribution < -0.4 is 0 Å². The Morgan fingerprint density at radius 2 is 1.70 bits per heavy atom. The van der Waals surface area contributed by atoms with E-state index in [1.54, 1.807) is 12.1 Å². The predicted molar refractivity (Wildman–Crippen MR) is 111 cm³/mol. The van der Waals surface area contributed by atoms with E-state index in [0.717, 1.165) is 5.56 Å². The number of sulfonamides is 1. The van der Waals surface area contributed by atoms with E-state index in [1.165, 1.54) is 28.6 Å². The zero-order valence-electron chi connectivity index (χ0n) is 16.3. The Morgan fingerprint density at radius 1 is 1.03 bits per heavy atom. The molecule has 0 saturated carbocycles. The molecular formula is C21H22ClNO6S. The van der Waals surface area contributed by atoms with Crippen LogP contribution in [0.25, 0.3) is 0 Å². The lowest BCUT2D eigenvalue weighted by atomic mass is 10.1. The van der Waals surface area contributed by atoms with Crippen molar-refractivity contribution >= 4 is 33.4 Å². The van der Waals surface area contributed by atoms with Crippen molar-refractivity contribution in [1.82, 2.24) is 4.31 Å². The van der Waals surface area contributed by atoms with Gasteiger partial charge in [0.2, 0.25) is 10.0 Å². The zero-order chi connectivity index (χ0) is 21.6. The Morgan fingerprint density at radius 3 is 2.37 bits per heavy atom. The topological polar surface area (TPSA) is 90.0 Å². The number of aryl methyl sites for hydroxylation is 1. The molecule has 0 N–H and O–H groups in total. The largest absolute Gasteiger partial charge is 0.457 e. The van der Waals surface area contributed by atoms with Gasteiger partial charge in [-0.25, -0.2) is 8.42 Å². The summed E-state index contributed by atoms with van der Waals surface area (Å²) >= 11 is 6.05. The summed E-state index contributed by atoms with van der Waals surface area (Å²) in [5.74, 6) is -0.911. The van der Waals surface area contributed by atoms with Crippen molar-refractivity contribution in [2.45, 2.75) is 17.7 Å². The van der Waals surface area contributed by atoms with Crippen LogP contribution in [0, 0.1) is 0 Å². The fourth-order valence-corrected chi connectivity index (χ4v) is 4.63. The van der Waals surface area contributed by atoms with Gasteiger partial charge in [0.1, 0.15) is 0 Å². The Balaban J connectivity index is 1.52. The van der Waals surface area contributed by atoms with E-state index in [9.17, 15) is 18.0 Å². The third kappa shape index (κ3) is 5.66. The maximum absolute atomic E-state index is 12.6. The number of esters is 1. The number of halogens is 1. The highest BCUT2D eigenvalue weighted by atomic mass is 35.5. The zero-order valence-corrected chi connectivity index (χ0v) is 17.8. The SMILES string of the molecule is O=C(CCc1ccccc1Cl)OCC(=O)c1ccc(S(=O)(=O)N2CCOCC2)cc1. The van der Waals surface area contributed by atoms with Crippen LogP contribution in [0.3, 0.4) is 0 Å². The van der Waals surface area contributed by atoms with Crippen LogP contribution in [0.1, 0.15) is 22.3 Å². The predicted octanol–water partition coefficient (Wildman–Crippen LogP) is 2.72. The molecule has 1 aliphatic heterocycles. The number of ketones is 1. The van der Waals surface area contributed by atoms with E-state index in [4.69, 9.17) is 21.1 Å². The van der Waals surface area contributed by atoms with E-state index in [2.05, 4.69) is 0 Å². The summed E-state index contributed by atoms with van der Waals surface area (Å²) in [6.07, 6.45) is 0.522. The molecule has 7 nitrogen and oxygen atoms in total. The number of ether oxygens (including phenoxy) is 2. The highest BCUT2D eigenvalue weighted by Crippen LogP contribution is 2.19. The fourth-order valence-electron chi connectivity index (χ4n) is 2.99. The maximum atomic E-state index is 12.6. The van der Waals surface area contributed by atoms with Crippen molar-refractivity contribution in [2.24, 2.45) is 0 Å². The van der Waals surface area contributed by atoms with Gasteiger partial charge < -0.3 is 9.47 Å².